The number of aryl methyl sites for hydroxylation is 2. The lowest BCUT2D eigenvalue weighted by Gasteiger charge is -2.11. The van der Waals surface area contributed by atoms with Crippen molar-refractivity contribution in [3.8, 4) is 6.07 Å². The third-order valence-corrected chi connectivity index (χ3v) is 3.71. The number of nitrogens with zero attached hydrogens (tertiary/aromatic N) is 1. The maximum atomic E-state index is 13.6. The van der Waals surface area contributed by atoms with Gasteiger partial charge >= 0.3 is 0 Å². The Hall–Kier alpha value is -3.00. The third kappa shape index (κ3) is 4.05. The van der Waals surface area contributed by atoms with Gasteiger partial charge < -0.3 is 5.32 Å². The first kappa shape index (κ1) is 17.4. The van der Waals surface area contributed by atoms with Gasteiger partial charge in [0.15, 0.2) is 11.7 Å². The number of Topliss-reactive ketones (excluding diaryl/α,β-unsaturated/α-hetero) is 1. The number of rotatable bonds is 5. The number of benzene rings is 2. The van der Waals surface area contributed by atoms with Crippen molar-refractivity contribution in [2.24, 2.45) is 5.92 Å². The lowest BCUT2D eigenvalue weighted by Crippen LogP contribution is -2.30. The molecule has 1 amide bonds. The van der Waals surface area contributed by atoms with Crippen LogP contribution in [0.25, 0.3) is 0 Å². The molecule has 0 radical (unpaired) electrons. The van der Waals surface area contributed by atoms with E-state index in [9.17, 15) is 19.2 Å². The van der Waals surface area contributed by atoms with Crippen LogP contribution in [-0.2, 0) is 16.0 Å². The molecule has 0 aliphatic carbocycles. The van der Waals surface area contributed by atoms with E-state index in [-0.39, 0.29) is 12.1 Å². The predicted octanol–water partition coefficient (Wildman–Crippen LogP) is 3.33. The van der Waals surface area contributed by atoms with E-state index >= 15 is 0 Å². The molecule has 0 fully saturated rings. The van der Waals surface area contributed by atoms with Gasteiger partial charge in [0.25, 0.3) is 0 Å². The van der Waals surface area contributed by atoms with Crippen molar-refractivity contribution < 1.29 is 14.0 Å². The molecule has 2 rings (SSSR count). The normalized spacial score (nSPS) is 11.4. The minimum atomic E-state index is -1.48. The fourth-order valence-corrected chi connectivity index (χ4v) is 2.32. The standard InChI is InChI=1S/C19H17FN2O2/c1-12-7-8-13(2)14(9-12)10-18(23)15(11-21)19(24)22-17-6-4-3-5-16(17)20/h3-9,15H,10H2,1-2H3,(H,22,24)/t15-/m1/s1. The van der Waals surface area contributed by atoms with Gasteiger partial charge in [-0.25, -0.2) is 4.39 Å². The zero-order valence-electron chi connectivity index (χ0n) is 13.5. The second-order valence-corrected chi connectivity index (χ2v) is 5.60. The molecule has 5 heteroatoms. The van der Waals surface area contributed by atoms with Gasteiger partial charge in [-0.2, -0.15) is 5.26 Å². The second-order valence-electron chi connectivity index (χ2n) is 5.60. The van der Waals surface area contributed by atoms with Crippen LogP contribution in [0, 0.1) is 36.9 Å². The average molecular weight is 324 g/mol. The summed E-state index contributed by atoms with van der Waals surface area (Å²) in [5.41, 5.74) is 2.63. The number of ketones is 1. The van der Waals surface area contributed by atoms with Gasteiger partial charge in [0.05, 0.1) is 11.8 Å². The number of halogens is 1. The summed E-state index contributed by atoms with van der Waals surface area (Å²) in [5.74, 6) is -3.44. The quantitative estimate of drug-likeness (QED) is 0.858. The van der Waals surface area contributed by atoms with E-state index in [0.717, 1.165) is 16.7 Å². The van der Waals surface area contributed by atoms with Gasteiger partial charge in [-0.15, -0.1) is 0 Å². The Kier molecular flexibility index (Phi) is 5.43. The Morgan fingerprint density at radius 1 is 1.21 bits per heavy atom. The maximum absolute atomic E-state index is 13.6. The highest BCUT2D eigenvalue weighted by molar-refractivity contribution is 6.10. The Labute approximate surface area is 139 Å². The van der Waals surface area contributed by atoms with Crippen molar-refractivity contribution in [3.63, 3.8) is 0 Å². The summed E-state index contributed by atoms with van der Waals surface area (Å²) in [5, 5.41) is 11.5. The number of nitrogens with one attached hydrogen (secondary N) is 1. The van der Waals surface area contributed by atoms with Crippen molar-refractivity contribution >= 4 is 17.4 Å². The zero-order chi connectivity index (χ0) is 17.7. The van der Waals surface area contributed by atoms with Crippen LogP contribution in [0.3, 0.4) is 0 Å². The molecule has 0 aliphatic heterocycles. The molecule has 0 aliphatic rings. The summed E-state index contributed by atoms with van der Waals surface area (Å²) >= 11 is 0. The molecule has 24 heavy (non-hydrogen) atoms. The number of amides is 1. The van der Waals surface area contributed by atoms with Crippen molar-refractivity contribution in [2.75, 3.05) is 5.32 Å². The Bertz CT molecular complexity index is 824. The van der Waals surface area contributed by atoms with Crippen LogP contribution >= 0.6 is 0 Å². The number of nitriles is 1. The van der Waals surface area contributed by atoms with Crippen molar-refractivity contribution in [1.82, 2.24) is 0 Å². The molecule has 0 spiro atoms. The molecule has 0 bridgehead atoms. The van der Waals surface area contributed by atoms with Gasteiger partial charge in [0.1, 0.15) is 5.82 Å². The molecular weight excluding hydrogens is 307 g/mol. The number of carbonyl (C=O) groups excluding carboxylic acids is 2. The number of hydrogen-bond donors (Lipinski definition) is 1. The SMILES string of the molecule is Cc1ccc(C)c(CC(=O)[C@@H](C#N)C(=O)Nc2ccccc2F)c1. The van der Waals surface area contributed by atoms with Gasteiger partial charge in [-0.3, -0.25) is 9.59 Å². The number of para-hydroxylation sites is 1. The summed E-state index contributed by atoms with van der Waals surface area (Å²) in [6.45, 7) is 3.77. The maximum Gasteiger partial charge on any atom is 0.249 e. The highest BCUT2D eigenvalue weighted by atomic mass is 19.1. The highest BCUT2D eigenvalue weighted by Crippen LogP contribution is 2.17. The van der Waals surface area contributed by atoms with E-state index in [0.29, 0.717) is 0 Å². The second kappa shape index (κ2) is 7.51. The predicted molar refractivity (Wildman–Crippen MR) is 88.8 cm³/mol. The summed E-state index contributed by atoms with van der Waals surface area (Å²) < 4.78 is 13.6. The largest absolute Gasteiger partial charge is 0.322 e. The molecule has 0 heterocycles. The van der Waals surface area contributed by atoms with Gasteiger partial charge in [0, 0.05) is 6.42 Å². The van der Waals surface area contributed by atoms with Crippen LogP contribution in [0.5, 0.6) is 0 Å². The van der Waals surface area contributed by atoms with Crippen molar-refractivity contribution in [2.45, 2.75) is 20.3 Å². The first-order valence-electron chi connectivity index (χ1n) is 7.46. The van der Waals surface area contributed by atoms with E-state index in [1.165, 1.54) is 18.2 Å². The van der Waals surface area contributed by atoms with Crippen LogP contribution in [0.4, 0.5) is 10.1 Å². The summed E-state index contributed by atoms with van der Waals surface area (Å²) in [4.78, 5) is 24.5. The lowest BCUT2D eigenvalue weighted by atomic mass is 9.94. The number of hydrogen-bond acceptors (Lipinski definition) is 3. The van der Waals surface area contributed by atoms with Crippen LogP contribution in [0.1, 0.15) is 16.7 Å². The van der Waals surface area contributed by atoms with Crippen LogP contribution in [0.2, 0.25) is 0 Å². The van der Waals surface area contributed by atoms with E-state index in [2.05, 4.69) is 5.32 Å². The Balaban J connectivity index is 2.14. The molecule has 2 aromatic rings. The molecule has 0 saturated heterocycles. The topological polar surface area (TPSA) is 70.0 Å². The Morgan fingerprint density at radius 3 is 2.58 bits per heavy atom. The molecule has 4 nitrogen and oxygen atoms in total. The first-order chi connectivity index (χ1) is 11.4. The molecular formula is C19H17FN2O2. The fourth-order valence-electron chi connectivity index (χ4n) is 2.32. The third-order valence-electron chi connectivity index (χ3n) is 3.71. The van der Waals surface area contributed by atoms with Gasteiger partial charge in [0.2, 0.25) is 5.91 Å². The van der Waals surface area contributed by atoms with Crippen LogP contribution in [-0.4, -0.2) is 11.7 Å². The highest BCUT2D eigenvalue weighted by Gasteiger charge is 2.27. The van der Waals surface area contributed by atoms with Gasteiger partial charge in [-0.1, -0.05) is 35.9 Å². The van der Waals surface area contributed by atoms with Gasteiger partial charge in [-0.05, 0) is 37.1 Å². The van der Waals surface area contributed by atoms with Crippen molar-refractivity contribution in [3.05, 3.63) is 65.0 Å². The summed E-state index contributed by atoms with van der Waals surface area (Å²) in [6.07, 6.45) is -0.0174. The molecule has 2 aromatic carbocycles. The molecule has 0 unspecified atom stereocenters. The van der Waals surface area contributed by atoms with E-state index in [1.807, 2.05) is 32.0 Å². The molecule has 0 saturated carbocycles. The lowest BCUT2D eigenvalue weighted by molar-refractivity contribution is -0.128. The molecule has 0 aromatic heterocycles. The summed E-state index contributed by atoms with van der Waals surface area (Å²) in [6, 6.07) is 13.0. The monoisotopic (exact) mass is 324 g/mol. The average Bonchev–Trinajstić information content (AvgIpc) is 2.54. The van der Waals surface area contributed by atoms with E-state index in [4.69, 9.17) is 0 Å². The molecule has 122 valence electrons. The summed E-state index contributed by atoms with van der Waals surface area (Å²) in [7, 11) is 0. The first-order valence-corrected chi connectivity index (χ1v) is 7.46. The minimum absolute atomic E-state index is 0.0174. The number of anilines is 1. The smallest absolute Gasteiger partial charge is 0.249 e. The minimum Gasteiger partial charge on any atom is -0.322 e. The van der Waals surface area contributed by atoms with E-state index in [1.54, 1.807) is 12.1 Å². The fraction of sp³-hybridized carbons (Fsp3) is 0.211. The molecule has 1 N–H and O–H groups in total. The van der Waals surface area contributed by atoms with Crippen molar-refractivity contribution in [1.29, 1.82) is 5.26 Å². The van der Waals surface area contributed by atoms with Crippen LogP contribution < -0.4 is 5.32 Å². The molecule has 1 atom stereocenters. The zero-order valence-corrected chi connectivity index (χ0v) is 13.5. The Morgan fingerprint density at radius 2 is 1.92 bits per heavy atom. The van der Waals surface area contributed by atoms with Crippen LogP contribution in [0.15, 0.2) is 42.5 Å². The van der Waals surface area contributed by atoms with E-state index < -0.39 is 23.4 Å². The number of carbonyl (C=O) groups is 2.